The molecule has 0 fully saturated rings. The van der Waals surface area contributed by atoms with Crippen molar-refractivity contribution >= 4 is 80.1 Å². The summed E-state index contributed by atoms with van der Waals surface area (Å²) in [5.74, 6) is 4.34. The number of anilines is 5. The number of nitrogens with one attached hydrogen (secondary N) is 3. The van der Waals surface area contributed by atoms with Gasteiger partial charge in [-0.1, -0.05) is 62.6 Å². The lowest BCUT2D eigenvalue weighted by molar-refractivity contribution is -0.118. The number of benzene rings is 6. The van der Waals surface area contributed by atoms with E-state index in [1.54, 1.807) is 18.2 Å². The SMILES string of the molecule is Cc1cc(Br)cc(C)c1NC(=O)CC(C)(C)C.Cc1cc(N2CCCOc3cc(F)ccc32)cc(C)c1NC(=O)CC(C)(C)C.Cl.Fc1ccc2c(c1)OCCCN2.NO.O/N=C1\CCOc2cc(F)ccc21.O=C1CCOc2cc(F)ccc21. The molecule has 85 heavy (non-hydrogen) atoms. The van der Waals surface area contributed by atoms with Gasteiger partial charge in [-0.3, -0.25) is 14.4 Å². The van der Waals surface area contributed by atoms with E-state index in [0.717, 1.165) is 81.1 Å². The van der Waals surface area contributed by atoms with Crippen LogP contribution in [0.1, 0.15) is 118 Å². The van der Waals surface area contributed by atoms with Gasteiger partial charge >= 0.3 is 0 Å². The lowest BCUT2D eigenvalue weighted by atomic mass is 9.92. The topological polar surface area (TPSA) is 206 Å². The Morgan fingerprint density at radius 3 is 1.59 bits per heavy atom. The molecule has 21 heteroatoms. The zero-order valence-corrected chi connectivity index (χ0v) is 52.1. The molecule has 4 heterocycles. The van der Waals surface area contributed by atoms with Gasteiger partial charge in [-0.25, -0.2) is 23.5 Å². The molecule has 0 saturated heterocycles. The van der Waals surface area contributed by atoms with E-state index in [1.165, 1.54) is 54.6 Å². The van der Waals surface area contributed by atoms with E-state index in [-0.39, 0.29) is 64.1 Å². The molecule has 10 rings (SSSR count). The Morgan fingerprint density at radius 2 is 1.05 bits per heavy atom. The van der Waals surface area contributed by atoms with Crippen LogP contribution in [0.4, 0.5) is 46.0 Å². The highest BCUT2D eigenvalue weighted by atomic mass is 79.9. The summed E-state index contributed by atoms with van der Waals surface area (Å²) < 4.78 is 74.1. The van der Waals surface area contributed by atoms with Gasteiger partial charge in [-0.05, 0) is 146 Å². The van der Waals surface area contributed by atoms with Crippen LogP contribution in [0, 0.1) is 61.8 Å². The molecule has 0 saturated carbocycles. The van der Waals surface area contributed by atoms with E-state index in [2.05, 4.69) is 102 Å². The van der Waals surface area contributed by atoms with E-state index in [9.17, 15) is 31.9 Å². The fraction of sp³-hybridized carbons (Fsp3) is 0.375. The number of carbonyl (C=O) groups is 3. The van der Waals surface area contributed by atoms with Gasteiger partial charge in [-0.15, -0.1) is 12.4 Å². The van der Waals surface area contributed by atoms with Crippen LogP contribution in [0.15, 0.2) is 107 Å². The smallest absolute Gasteiger partial charge is 0.224 e. The first-order valence-electron chi connectivity index (χ1n) is 27.5. The number of aryl methyl sites for hydroxylation is 4. The first-order valence-corrected chi connectivity index (χ1v) is 28.3. The van der Waals surface area contributed by atoms with Gasteiger partial charge in [0.15, 0.2) is 5.78 Å². The number of ketones is 1. The minimum Gasteiger partial charge on any atom is -0.492 e. The molecule has 6 aromatic rings. The van der Waals surface area contributed by atoms with Crippen molar-refractivity contribution in [3.63, 3.8) is 0 Å². The molecule has 0 atom stereocenters. The number of amides is 2. The summed E-state index contributed by atoms with van der Waals surface area (Å²) >= 11 is 3.45. The third kappa shape index (κ3) is 21.9. The fourth-order valence-electron chi connectivity index (χ4n) is 9.18. The molecule has 2 amide bonds. The standard InChI is InChI=1S/C23H29FN2O2.C14H20BrNO.C9H8FNO2.C9H10FNO.C9H7FO2.ClH.H3NO/c1-15-11-18(12-16(2)22(15)25-21(27)14-23(3,4)5)26-9-6-10-28-20-13-17(24)7-8-19(20)26;1-9-6-11(15)7-10(2)13(9)16-12(17)8-14(3,4)5;10-6-1-2-7-8(11-12)3-4-13-9(7)5-6;10-7-2-3-8-9(6-7)12-5-1-4-11-8;10-6-1-2-7-8(11)3-4-12-9(7)5-6;;1-2/h7-8,11-13H,6,9-10,14H2,1-5H3,(H,25,27);6-7H,8H2,1-5H3,(H,16,17);1-2,5,12H,3-4H2;2-3,6,11H,1,4-5H2;1-2,5H,3-4H2;1H;2H,1H2/b;;11-8+;;;;. The van der Waals surface area contributed by atoms with Gasteiger partial charge < -0.3 is 50.2 Å². The van der Waals surface area contributed by atoms with Crippen molar-refractivity contribution in [1.29, 1.82) is 0 Å². The first-order chi connectivity index (χ1) is 39.8. The van der Waals surface area contributed by atoms with E-state index >= 15 is 0 Å². The highest BCUT2D eigenvalue weighted by Crippen LogP contribution is 2.39. The molecule has 4 aliphatic heterocycles. The Hall–Kier alpha value is -7.39. The monoisotopic (exact) mass is 1260 g/mol. The summed E-state index contributed by atoms with van der Waals surface area (Å²) in [7, 11) is 0. The number of hydrogen-bond donors (Lipinski definition) is 6. The average molecular weight is 1270 g/mol. The van der Waals surface area contributed by atoms with Gasteiger partial charge in [0.25, 0.3) is 0 Å². The summed E-state index contributed by atoms with van der Waals surface area (Å²) in [5.41, 5.74) is 10.4. The van der Waals surface area contributed by atoms with Crippen LogP contribution in [-0.2, 0) is 9.59 Å². The molecule has 460 valence electrons. The number of nitrogens with two attached hydrogens (primary N) is 1. The molecule has 0 spiro atoms. The van der Waals surface area contributed by atoms with Crippen molar-refractivity contribution in [1.82, 2.24) is 0 Å². The van der Waals surface area contributed by atoms with Gasteiger partial charge in [0, 0.05) is 90.1 Å². The largest absolute Gasteiger partial charge is 0.492 e. The molecule has 15 nitrogen and oxygen atoms in total. The Labute approximate surface area is 510 Å². The molecule has 0 unspecified atom stereocenters. The summed E-state index contributed by atoms with van der Waals surface area (Å²) in [6.45, 7) is 24.0. The van der Waals surface area contributed by atoms with E-state index in [1.807, 2.05) is 39.8 Å². The van der Waals surface area contributed by atoms with Crippen molar-refractivity contribution in [3.8, 4) is 23.0 Å². The summed E-state index contributed by atoms with van der Waals surface area (Å²) in [6, 6.07) is 25.5. The number of Topliss-reactive ketones (excluding diaryl/α,β-unsaturated/α-hetero) is 1. The van der Waals surface area contributed by atoms with Crippen molar-refractivity contribution in [2.24, 2.45) is 21.9 Å². The minimum atomic E-state index is -0.372. The summed E-state index contributed by atoms with van der Waals surface area (Å²) in [5, 5.41) is 27.5. The number of ether oxygens (including phenoxy) is 4. The maximum Gasteiger partial charge on any atom is 0.224 e. The van der Waals surface area contributed by atoms with E-state index in [4.69, 9.17) is 29.4 Å². The van der Waals surface area contributed by atoms with Crippen LogP contribution in [-0.4, -0.2) is 73.2 Å². The van der Waals surface area contributed by atoms with Gasteiger partial charge in [0.1, 0.15) is 46.3 Å². The van der Waals surface area contributed by atoms with Crippen molar-refractivity contribution in [2.75, 3.05) is 60.4 Å². The van der Waals surface area contributed by atoms with E-state index < -0.39 is 0 Å². The Morgan fingerprint density at radius 1 is 0.612 bits per heavy atom. The first kappa shape index (κ1) is 70.1. The molecular weight excluding hydrogens is 1190 g/mol. The third-order valence-electron chi connectivity index (χ3n) is 12.9. The van der Waals surface area contributed by atoms with Gasteiger partial charge in [-0.2, -0.15) is 0 Å². The van der Waals surface area contributed by atoms with E-state index in [0.29, 0.717) is 91.9 Å². The molecule has 0 bridgehead atoms. The predicted molar refractivity (Wildman–Crippen MR) is 332 cm³/mol. The maximum absolute atomic E-state index is 13.6. The Bertz CT molecular complexity index is 3240. The van der Waals surface area contributed by atoms with Crippen LogP contribution in [0.5, 0.6) is 23.0 Å². The Balaban J connectivity index is 0.000000236. The minimum absolute atomic E-state index is 0. The summed E-state index contributed by atoms with van der Waals surface area (Å²) in [6.07, 6.45) is 3.74. The van der Waals surface area contributed by atoms with Gasteiger partial charge in [0.05, 0.1) is 49.1 Å². The number of oxime groups is 1. The number of nitrogens with zero attached hydrogens (tertiary/aromatic N) is 2. The van der Waals surface area contributed by atoms with Gasteiger partial charge in [0.2, 0.25) is 11.8 Å². The number of fused-ring (bicyclic) bond motifs is 4. The zero-order chi connectivity index (χ0) is 61.9. The molecule has 0 aromatic heterocycles. The lowest BCUT2D eigenvalue weighted by Gasteiger charge is -2.26. The molecule has 4 aliphatic rings. The zero-order valence-electron chi connectivity index (χ0n) is 49.7. The lowest BCUT2D eigenvalue weighted by Crippen LogP contribution is -2.21. The number of carbonyl (C=O) groups excluding carboxylic acids is 3. The number of hydrogen-bond acceptors (Lipinski definition) is 13. The third-order valence-corrected chi connectivity index (χ3v) is 13.3. The van der Waals surface area contributed by atoms with Crippen LogP contribution in [0.2, 0.25) is 0 Å². The molecular formula is C64H78BrClF4N6O9. The average Bonchev–Trinajstić information content (AvgIpc) is 4.09. The van der Waals surface area contributed by atoms with Crippen LogP contribution < -0.4 is 45.7 Å². The van der Waals surface area contributed by atoms with Crippen LogP contribution >= 0.6 is 28.3 Å². The maximum atomic E-state index is 13.6. The second-order valence-electron chi connectivity index (χ2n) is 22.6. The second kappa shape index (κ2) is 32.8. The molecule has 0 aliphatic carbocycles. The number of rotatable bonds is 5. The molecule has 7 N–H and O–H groups in total. The van der Waals surface area contributed by atoms with Crippen molar-refractivity contribution in [2.45, 2.75) is 108 Å². The highest BCUT2D eigenvalue weighted by Gasteiger charge is 2.24. The second-order valence-corrected chi connectivity index (χ2v) is 23.5. The summed E-state index contributed by atoms with van der Waals surface area (Å²) in [4.78, 5) is 37.6. The van der Waals surface area contributed by atoms with Crippen LogP contribution in [0.3, 0.4) is 0 Å². The predicted octanol–water partition coefficient (Wildman–Crippen LogP) is 15.5. The Kier molecular flexibility index (Phi) is 27.0. The fourth-order valence-corrected chi connectivity index (χ4v) is 9.86. The molecule has 0 radical (unpaired) electrons. The highest BCUT2D eigenvalue weighted by molar-refractivity contribution is 9.10. The normalized spacial score (nSPS) is 14.1. The number of halogens is 6. The molecule has 6 aromatic carbocycles. The van der Waals surface area contributed by atoms with Crippen molar-refractivity contribution in [3.05, 3.63) is 158 Å². The van der Waals surface area contributed by atoms with Crippen LogP contribution in [0.25, 0.3) is 0 Å². The quantitative estimate of drug-likeness (QED) is 0.0542. The van der Waals surface area contributed by atoms with Crippen molar-refractivity contribution < 1.29 is 61.3 Å².